The molecule has 2 rings (SSSR count). The van der Waals surface area contributed by atoms with Crippen LogP contribution in [-0.2, 0) is 24.5 Å². The second-order valence-electron chi connectivity index (χ2n) is 4.73. The van der Waals surface area contributed by atoms with Gasteiger partial charge in [0.15, 0.2) is 0 Å². The fourth-order valence-electron chi connectivity index (χ4n) is 2.22. The number of nitriles is 1. The van der Waals surface area contributed by atoms with E-state index in [2.05, 4.69) is 10.3 Å². The van der Waals surface area contributed by atoms with Crippen LogP contribution in [0.4, 0.5) is 0 Å². The van der Waals surface area contributed by atoms with Gasteiger partial charge in [-0.05, 0) is 18.6 Å². The number of nitrogens with zero attached hydrogens (tertiary/aromatic N) is 1. The van der Waals surface area contributed by atoms with Crippen LogP contribution in [0, 0.1) is 18.3 Å². The molecule has 6 heteroatoms. The minimum Gasteiger partial charge on any atom is -0.379 e. The molecule has 1 heterocycles. The fourth-order valence-corrected chi connectivity index (χ4v) is 3.18. The first-order valence-corrected chi connectivity index (χ1v) is 7.22. The van der Waals surface area contributed by atoms with Crippen molar-refractivity contribution in [1.82, 2.24) is 0 Å². The summed E-state index contributed by atoms with van der Waals surface area (Å²) in [4.78, 5) is 0.124. The Morgan fingerprint density at radius 2 is 2.16 bits per heavy atom. The van der Waals surface area contributed by atoms with Crippen molar-refractivity contribution in [2.45, 2.75) is 23.7 Å². The molecule has 102 valence electrons. The molecule has 1 aromatic rings. The summed E-state index contributed by atoms with van der Waals surface area (Å²) in [5, 5.41) is 8.96. The van der Waals surface area contributed by atoms with Crippen LogP contribution in [0.1, 0.15) is 17.5 Å². The van der Waals surface area contributed by atoms with Crippen LogP contribution in [0.3, 0.4) is 0 Å². The summed E-state index contributed by atoms with van der Waals surface area (Å²) in [6.07, 6.45) is 0.225. The van der Waals surface area contributed by atoms with Gasteiger partial charge in [0.25, 0.3) is 10.1 Å². The van der Waals surface area contributed by atoms with E-state index in [1.165, 1.54) is 6.07 Å². The van der Waals surface area contributed by atoms with Gasteiger partial charge >= 0.3 is 0 Å². The molecular weight excluding hydrogens is 266 g/mol. The van der Waals surface area contributed by atoms with E-state index in [1.54, 1.807) is 12.1 Å². The molecule has 1 aromatic carbocycles. The molecule has 1 aliphatic rings. The van der Waals surface area contributed by atoms with E-state index < -0.39 is 15.5 Å². The van der Waals surface area contributed by atoms with E-state index in [9.17, 15) is 8.42 Å². The van der Waals surface area contributed by atoms with Gasteiger partial charge in [-0.25, -0.2) is 0 Å². The zero-order chi connectivity index (χ0) is 14.1. The minimum absolute atomic E-state index is 0.124. The van der Waals surface area contributed by atoms with Gasteiger partial charge in [0.1, 0.15) is 0 Å². The van der Waals surface area contributed by atoms with Gasteiger partial charge in [-0.2, -0.15) is 13.7 Å². The third-order valence-electron chi connectivity index (χ3n) is 3.37. The molecule has 0 N–H and O–H groups in total. The van der Waals surface area contributed by atoms with Gasteiger partial charge in [0.2, 0.25) is 0 Å². The van der Waals surface area contributed by atoms with Crippen LogP contribution in [-0.4, -0.2) is 28.7 Å². The highest BCUT2D eigenvalue weighted by Crippen LogP contribution is 2.39. The standard InChI is InChI=1S/C13H15NO4S/c1-10-3-4-12(19(15,16)17-2)11(7-10)13(5-6-14)8-18-9-13/h3-4,7H,5,8-9H2,1-2H3. The first-order chi connectivity index (χ1) is 8.95. The summed E-state index contributed by atoms with van der Waals surface area (Å²) >= 11 is 0. The monoisotopic (exact) mass is 281 g/mol. The second kappa shape index (κ2) is 4.93. The van der Waals surface area contributed by atoms with Crippen molar-refractivity contribution < 1.29 is 17.3 Å². The average molecular weight is 281 g/mol. The molecule has 0 atom stereocenters. The lowest BCUT2D eigenvalue weighted by molar-refractivity contribution is -0.0591. The maximum absolute atomic E-state index is 12.0. The molecular formula is C13H15NO4S. The second-order valence-corrected chi connectivity index (χ2v) is 6.41. The van der Waals surface area contributed by atoms with Crippen molar-refractivity contribution in [2.75, 3.05) is 20.3 Å². The van der Waals surface area contributed by atoms with Crippen molar-refractivity contribution in [1.29, 1.82) is 5.26 Å². The molecule has 0 unspecified atom stereocenters. The number of hydrogen-bond acceptors (Lipinski definition) is 5. The van der Waals surface area contributed by atoms with E-state index >= 15 is 0 Å². The lowest BCUT2D eigenvalue weighted by atomic mass is 9.76. The summed E-state index contributed by atoms with van der Waals surface area (Å²) in [6.45, 7) is 2.60. The number of rotatable bonds is 4. The van der Waals surface area contributed by atoms with E-state index in [-0.39, 0.29) is 11.3 Å². The Labute approximate surface area is 112 Å². The Hall–Kier alpha value is -1.42. The van der Waals surface area contributed by atoms with Crippen molar-refractivity contribution >= 4 is 10.1 Å². The predicted octanol–water partition coefficient (Wildman–Crippen LogP) is 1.51. The molecule has 0 amide bonds. The summed E-state index contributed by atoms with van der Waals surface area (Å²) in [5.41, 5.74) is 1.01. The SMILES string of the molecule is COS(=O)(=O)c1ccc(C)cc1C1(CC#N)COC1. The molecule has 0 radical (unpaired) electrons. The van der Waals surface area contributed by atoms with Crippen LogP contribution in [0.2, 0.25) is 0 Å². The Morgan fingerprint density at radius 3 is 2.63 bits per heavy atom. The number of aryl methyl sites for hydroxylation is 1. The third-order valence-corrected chi connectivity index (χ3v) is 4.70. The lowest BCUT2D eigenvalue weighted by Gasteiger charge is -2.41. The van der Waals surface area contributed by atoms with E-state index in [4.69, 9.17) is 10.00 Å². The number of ether oxygens (including phenoxy) is 1. The molecule has 1 saturated heterocycles. The first kappa shape index (κ1) is 14.0. The molecule has 1 fully saturated rings. The van der Waals surface area contributed by atoms with E-state index in [1.807, 2.05) is 6.92 Å². The van der Waals surface area contributed by atoms with Gasteiger partial charge in [-0.15, -0.1) is 0 Å². The molecule has 0 bridgehead atoms. The lowest BCUT2D eigenvalue weighted by Crippen LogP contribution is -2.47. The number of hydrogen-bond donors (Lipinski definition) is 0. The maximum atomic E-state index is 12.0. The van der Waals surface area contributed by atoms with Gasteiger partial charge < -0.3 is 4.74 Å². The van der Waals surface area contributed by atoms with Crippen molar-refractivity contribution in [3.8, 4) is 6.07 Å². The fraction of sp³-hybridized carbons (Fsp3) is 0.462. The summed E-state index contributed by atoms with van der Waals surface area (Å²) < 4.78 is 33.8. The van der Waals surface area contributed by atoms with Crippen LogP contribution in [0.15, 0.2) is 23.1 Å². The third kappa shape index (κ3) is 2.37. The van der Waals surface area contributed by atoms with Crippen LogP contribution < -0.4 is 0 Å². The smallest absolute Gasteiger partial charge is 0.297 e. The minimum atomic E-state index is -3.79. The van der Waals surface area contributed by atoms with Gasteiger partial charge in [-0.1, -0.05) is 17.7 Å². The molecule has 1 aliphatic heterocycles. The normalized spacial score (nSPS) is 17.5. The Kier molecular flexibility index (Phi) is 3.63. The van der Waals surface area contributed by atoms with Gasteiger partial charge in [-0.3, -0.25) is 4.18 Å². The first-order valence-electron chi connectivity index (χ1n) is 5.82. The van der Waals surface area contributed by atoms with Crippen molar-refractivity contribution in [3.63, 3.8) is 0 Å². The predicted molar refractivity (Wildman–Crippen MR) is 68.1 cm³/mol. The Morgan fingerprint density at radius 1 is 1.47 bits per heavy atom. The molecule has 0 saturated carbocycles. The Bertz CT molecular complexity index is 627. The van der Waals surface area contributed by atoms with Crippen LogP contribution >= 0.6 is 0 Å². The summed E-state index contributed by atoms with van der Waals surface area (Å²) in [6, 6.07) is 7.15. The van der Waals surface area contributed by atoms with Crippen LogP contribution in [0.25, 0.3) is 0 Å². The topological polar surface area (TPSA) is 76.4 Å². The van der Waals surface area contributed by atoms with E-state index in [0.717, 1.165) is 12.7 Å². The Balaban J connectivity index is 2.62. The molecule has 5 nitrogen and oxygen atoms in total. The highest BCUT2D eigenvalue weighted by Gasteiger charge is 2.43. The average Bonchev–Trinajstić information content (AvgIpc) is 2.33. The van der Waals surface area contributed by atoms with Crippen molar-refractivity contribution in [2.24, 2.45) is 0 Å². The highest BCUT2D eigenvalue weighted by atomic mass is 32.2. The van der Waals surface area contributed by atoms with Gasteiger partial charge in [0.05, 0.1) is 36.7 Å². The number of benzene rings is 1. The zero-order valence-electron chi connectivity index (χ0n) is 10.8. The molecule has 0 aliphatic carbocycles. The van der Waals surface area contributed by atoms with E-state index in [0.29, 0.717) is 18.8 Å². The van der Waals surface area contributed by atoms with Gasteiger partial charge in [0, 0.05) is 6.42 Å². The largest absolute Gasteiger partial charge is 0.379 e. The highest BCUT2D eigenvalue weighted by molar-refractivity contribution is 7.86. The molecule has 0 spiro atoms. The zero-order valence-corrected chi connectivity index (χ0v) is 11.7. The summed E-state index contributed by atoms with van der Waals surface area (Å²) in [5.74, 6) is 0. The van der Waals surface area contributed by atoms with Crippen LogP contribution in [0.5, 0.6) is 0 Å². The quantitative estimate of drug-likeness (QED) is 0.782. The molecule has 19 heavy (non-hydrogen) atoms. The molecule has 0 aromatic heterocycles. The maximum Gasteiger partial charge on any atom is 0.297 e. The summed E-state index contributed by atoms with van der Waals surface area (Å²) in [7, 11) is -2.66. The van der Waals surface area contributed by atoms with Crippen molar-refractivity contribution in [3.05, 3.63) is 29.3 Å².